The first-order chi connectivity index (χ1) is 15.8. The Kier molecular flexibility index (Phi) is 10.5. The normalized spacial score (nSPS) is 21.2. The predicted octanol–water partition coefficient (Wildman–Crippen LogP) is 4.52. The van der Waals surface area contributed by atoms with Crippen LogP contribution in [0.15, 0.2) is 18.2 Å². The van der Waals surface area contributed by atoms with E-state index in [0.717, 1.165) is 55.9 Å². The van der Waals surface area contributed by atoms with Crippen molar-refractivity contribution in [2.24, 2.45) is 0 Å². The maximum atomic E-state index is 13.0. The molecule has 1 amide bonds. The van der Waals surface area contributed by atoms with Crippen LogP contribution < -0.4 is 16.0 Å². The van der Waals surface area contributed by atoms with Gasteiger partial charge < -0.3 is 21.1 Å². The lowest BCUT2D eigenvalue weighted by Crippen LogP contribution is -2.48. The second-order valence-electron chi connectivity index (χ2n) is 9.80. The van der Waals surface area contributed by atoms with Crippen molar-refractivity contribution in [3.8, 4) is 0 Å². The minimum atomic E-state index is -0.839. The van der Waals surface area contributed by atoms with E-state index in [1.165, 1.54) is 0 Å². The Hall–Kier alpha value is -2.16. The Balaban J connectivity index is 0.00000216. The number of aliphatic hydroxyl groups is 1. The Bertz CT molecular complexity index is 1030. The molecule has 2 aliphatic carbocycles. The van der Waals surface area contributed by atoms with Crippen molar-refractivity contribution >= 4 is 53.3 Å². The smallest absolute Gasteiger partial charge is 0.289 e. The third kappa shape index (κ3) is 7.41. The van der Waals surface area contributed by atoms with Crippen LogP contribution in [-0.2, 0) is 0 Å². The standard InChI is InChI=1S/C25H36N6O2.2ClH/c1-16-10-11-19-18(14-16)22(30-21-9-5-4-8-20(21)28-17(2)26)31-23(29-19)24(32)27-15-25(33)12-6-3-7-13-25;;/h10-11,14,20-21,33H,3-9,12-13,15H2,1-2H3,(H2,26,28)(H,27,32)(H,29,30,31);2*1H/t20-,21+;;/m1../s1. The van der Waals surface area contributed by atoms with Crippen LogP contribution >= 0.6 is 24.8 Å². The molecule has 2 atom stereocenters. The SMILES string of the molecule is CC(=N)N[C@@H]1CCCC[C@@H]1Nc1nc(C(=O)NCC2(O)CCCCC2)nc2ccc(C)cc12.Cl.Cl. The molecule has 5 N–H and O–H groups in total. The zero-order valence-electron chi connectivity index (χ0n) is 20.5. The largest absolute Gasteiger partial charge is 0.388 e. The van der Waals surface area contributed by atoms with E-state index < -0.39 is 5.60 Å². The summed E-state index contributed by atoms with van der Waals surface area (Å²) in [5, 5.41) is 29.2. The summed E-state index contributed by atoms with van der Waals surface area (Å²) in [7, 11) is 0. The molecule has 194 valence electrons. The summed E-state index contributed by atoms with van der Waals surface area (Å²) in [4.78, 5) is 22.1. The van der Waals surface area contributed by atoms with Gasteiger partial charge in [-0.05, 0) is 51.7 Å². The Morgan fingerprint density at radius 2 is 1.77 bits per heavy atom. The van der Waals surface area contributed by atoms with E-state index in [1.807, 2.05) is 25.1 Å². The Labute approximate surface area is 219 Å². The molecule has 0 aliphatic heterocycles. The quantitative estimate of drug-likeness (QED) is 0.279. The molecule has 0 spiro atoms. The lowest BCUT2D eigenvalue weighted by molar-refractivity contribution is 0.00517. The van der Waals surface area contributed by atoms with Crippen LogP contribution in [0.1, 0.15) is 80.9 Å². The number of benzene rings is 1. The molecular weight excluding hydrogens is 487 g/mol. The molecule has 1 aromatic carbocycles. The summed E-state index contributed by atoms with van der Waals surface area (Å²) in [6.45, 7) is 4.01. The molecule has 0 saturated heterocycles. The summed E-state index contributed by atoms with van der Waals surface area (Å²) < 4.78 is 0. The van der Waals surface area contributed by atoms with Crippen LogP contribution in [0.2, 0.25) is 0 Å². The highest BCUT2D eigenvalue weighted by Gasteiger charge is 2.30. The first-order valence-electron chi connectivity index (χ1n) is 12.2. The Morgan fingerprint density at radius 3 is 2.46 bits per heavy atom. The first-order valence-corrected chi connectivity index (χ1v) is 12.2. The van der Waals surface area contributed by atoms with Gasteiger partial charge in [0.25, 0.3) is 5.91 Å². The number of amidine groups is 1. The number of nitrogens with zero attached hydrogens (tertiary/aromatic N) is 2. The van der Waals surface area contributed by atoms with Crippen molar-refractivity contribution in [3.05, 3.63) is 29.6 Å². The van der Waals surface area contributed by atoms with Crippen molar-refractivity contribution in [1.82, 2.24) is 20.6 Å². The number of nitrogens with one attached hydrogen (secondary N) is 4. The molecule has 1 aromatic heterocycles. The number of carbonyl (C=O) groups is 1. The number of rotatable bonds is 6. The van der Waals surface area contributed by atoms with Crippen LogP contribution in [0.25, 0.3) is 10.9 Å². The fraction of sp³-hybridized carbons (Fsp3) is 0.600. The summed E-state index contributed by atoms with van der Waals surface area (Å²) >= 11 is 0. The van der Waals surface area contributed by atoms with Crippen LogP contribution in [-0.4, -0.2) is 51.0 Å². The summed E-state index contributed by atoms with van der Waals surface area (Å²) in [6, 6.07) is 6.19. The number of carbonyl (C=O) groups excluding carboxylic acids is 1. The van der Waals surface area contributed by atoms with Crippen LogP contribution in [0.5, 0.6) is 0 Å². The molecule has 8 nitrogen and oxygen atoms in total. The molecule has 4 rings (SSSR count). The van der Waals surface area contributed by atoms with Crippen molar-refractivity contribution in [3.63, 3.8) is 0 Å². The highest BCUT2D eigenvalue weighted by atomic mass is 35.5. The van der Waals surface area contributed by atoms with Gasteiger partial charge in [-0.2, -0.15) is 0 Å². The highest BCUT2D eigenvalue weighted by Crippen LogP contribution is 2.28. The second-order valence-corrected chi connectivity index (χ2v) is 9.80. The molecule has 0 unspecified atom stereocenters. The third-order valence-electron chi connectivity index (χ3n) is 6.91. The van der Waals surface area contributed by atoms with E-state index in [2.05, 4.69) is 25.9 Å². The van der Waals surface area contributed by atoms with Crippen molar-refractivity contribution in [2.45, 2.75) is 89.3 Å². The third-order valence-corrected chi connectivity index (χ3v) is 6.91. The van der Waals surface area contributed by atoms with Gasteiger partial charge in [-0.25, -0.2) is 9.97 Å². The van der Waals surface area contributed by atoms with Gasteiger partial charge >= 0.3 is 0 Å². The van der Waals surface area contributed by atoms with E-state index in [1.54, 1.807) is 6.92 Å². The molecule has 0 radical (unpaired) electrons. The van der Waals surface area contributed by atoms with Crippen molar-refractivity contribution in [1.29, 1.82) is 5.41 Å². The van der Waals surface area contributed by atoms with E-state index in [9.17, 15) is 9.90 Å². The number of anilines is 1. The molecule has 35 heavy (non-hydrogen) atoms. The van der Waals surface area contributed by atoms with Crippen molar-refractivity contribution in [2.75, 3.05) is 11.9 Å². The number of halogens is 2. The Morgan fingerprint density at radius 1 is 1.09 bits per heavy atom. The topological polar surface area (TPSA) is 123 Å². The lowest BCUT2D eigenvalue weighted by atomic mass is 9.85. The van der Waals surface area contributed by atoms with Crippen LogP contribution in [0.4, 0.5) is 5.82 Å². The van der Waals surface area contributed by atoms with Crippen LogP contribution in [0, 0.1) is 12.3 Å². The van der Waals surface area contributed by atoms with Gasteiger partial charge in [0, 0.05) is 24.0 Å². The monoisotopic (exact) mass is 524 g/mol. The second kappa shape index (κ2) is 12.7. The van der Waals surface area contributed by atoms with Gasteiger partial charge in [0.15, 0.2) is 0 Å². The van der Waals surface area contributed by atoms with Crippen molar-refractivity contribution < 1.29 is 9.90 Å². The van der Waals surface area contributed by atoms with Gasteiger partial charge in [-0.3, -0.25) is 10.2 Å². The van der Waals surface area contributed by atoms with E-state index >= 15 is 0 Å². The molecule has 2 saturated carbocycles. The molecular formula is C25H38Cl2N6O2. The number of hydrogen-bond acceptors (Lipinski definition) is 6. The zero-order chi connectivity index (χ0) is 23.4. The first kappa shape index (κ1) is 29.1. The molecule has 1 heterocycles. The minimum absolute atomic E-state index is 0. The molecule has 0 bridgehead atoms. The molecule has 2 fully saturated rings. The van der Waals surface area contributed by atoms with Gasteiger partial charge in [-0.1, -0.05) is 43.7 Å². The maximum absolute atomic E-state index is 13.0. The van der Waals surface area contributed by atoms with Crippen LogP contribution in [0.3, 0.4) is 0 Å². The molecule has 10 heteroatoms. The van der Waals surface area contributed by atoms with Gasteiger partial charge in [0.2, 0.25) is 5.82 Å². The fourth-order valence-corrected chi connectivity index (χ4v) is 5.09. The summed E-state index contributed by atoms with van der Waals surface area (Å²) in [6.07, 6.45) is 8.72. The van der Waals surface area contributed by atoms with E-state index in [4.69, 9.17) is 5.41 Å². The molecule has 2 aliphatic rings. The van der Waals surface area contributed by atoms with Gasteiger partial charge in [0.05, 0.1) is 17.0 Å². The molecule has 2 aromatic rings. The number of aromatic nitrogens is 2. The number of fused-ring (bicyclic) bond motifs is 1. The summed E-state index contributed by atoms with van der Waals surface area (Å²) in [5.74, 6) is 0.842. The van der Waals surface area contributed by atoms with Gasteiger partial charge in [-0.15, -0.1) is 24.8 Å². The highest BCUT2D eigenvalue weighted by molar-refractivity contribution is 5.96. The summed E-state index contributed by atoms with van der Waals surface area (Å²) in [5.41, 5.74) is 0.969. The zero-order valence-corrected chi connectivity index (χ0v) is 22.2. The number of amides is 1. The van der Waals surface area contributed by atoms with E-state index in [0.29, 0.717) is 30.0 Å². The maximum Gasteiger partial charge on any atom is 0.289 e. The fourth-order valence-electron chi connectivity index (χ4n) is 5.09. The van der Waals surface area contributed by atoms with E-state index in [-0.39, 0.29) is 55.2 Å². The number of hydrogen-bond donors (Lipinski definition) is 5. The minimum Gasteiger partial charge on any atom is -0.388 e. The predicted molar refractivity (Wildman–Crippen MR) is 145 cm³/mol. The average Bonchev–Trinajstić information content (AvgIpc) is 2.79. The number of aryl methyl sites for hydroxylation is 1. The van der Waals surface area contributed by atoms with Gasteiger partial charge in [0.1, 0.15) is 5.82 Å². The lowest BCUT2D eigenvalue weighted by Gasteiger charge is -2.34. The average molecular weight is 526 g/mol.